The average molecular weight is 427 g/mol. The highest BCUT2D eigenvalue weighted by molar-refractivity contribution is 5.93. The van der Waals surface area contributed by atoms with E-state index in [1.165, 1.54) is 11.9 Å². The van der Waals surface area contributed by atoms with Crippen molar-refractivity contribution in [3.63, 3.8) is 0 Å². The summed E-state index contributed by atoms with van der Waals surface area (Å²) in [5.41, 5.74) is 5.12. The molecule has 2 aromatic carbocycles. The predicted octanol–water partition coefficient (Wildman–Crippen LogP) is 4.26. The van der Waals surface area contributed by atoms with Gasteiger partial charge in [-0.05, 0) is 43.9 Å². The third-order valence-corrected chi connectivity index (χ3v) is 6.35. The van der Waals surface area contributed by atoms with Crippen LogP contribution in [0.25, 0.3) is 17.0 Å². The van der Waals surface area contributed by atoms with E-state index in [4.69, 9.17) is 0 Å². The Morgan fingerprint density at radius 3 is 2.59 bits per heavy atom. The zero-order valence-corrected chi connectivity index (χ0v) is 18.3. The highest BCUT2D eigenvalue weighted by atomic mass is 16.1. The van der Waals surface area contributed by atoms with Gasteiger partial charge >= 0.3 is 0 Å². The van der Waals surface area contributed by atoms with Gasteiger partial charge in [-0.25, -0.2) is 4.98 Å². The van der Waals surface area contributed by atoms with Gasteiger partial charge in [-0.1, -0.05) is 42.5 Å². The molecule has 7 nitrogen and oxygen atoms in total. The lowest BCUT2D eigenvalue weighted by molar-refractivity contribution is -0.120. The van der Waals surface area contributed by atoms with E-state index in [0.717, 1.165) is 54.3 Å². The fourth-order valence-electron chi connectivity index (χ4n) is 4.27. The number of piperidine rings is 1. The van der Waals surface area contributed by atoms with Crippen LogP contribution in [0.5, 0.6) is 0 Å². The summed E-state index contributed by atoms with van der Waals surface area (Å²) in [6.45, 7) is 5.66. The smallest absolute Gasteiger partial charge is 0.254 e. The molecular formula is C25H26N6O. The van der Waals surface area contributed by atoms with Crippen molar-refractivity contribution in [1.29, 1.82) is 0 Å². The molecule has 0 unspecified atom stereocenters. The van der Waals surface area contributed by atoms with Crippen LogP contribution in [0, 0.1) is 19.8 Å². The van der Waals surface area contributed by atoms with E-state index >= 15 is 0 Å². The number of amides is 1. The van der Waals surface area contributed by atoms with Crippen molar-refractivity contribution in [2.24, 2.45) is 5.92 Å². The van der Waals surface area contributed by atoms with Crippen LogP contribution in [-0.2, 0) is 4.79 Å². The Morgan fingerprint density at radius 1 is 1.03 bits per heavy atom. The second-order valence-electron chi connectivity index (χ2n) is 8.34. The van der Waals surface area contributed by atoms with Gasteiger partial charge in [-0.2, -0.15) is 14.6 Å². The number of rotatable bonds is 4. The number of carbonyl (C=O) groups excluding carboxylic acids is 1. The molecule has 0 radical (unpaired) electrons. The molecule has 1 aliphatic heterocycles. The van der Waals surface area contributed by atoms with E-state index in [9.17, 15) is 4.79 Å². The number of nitrogens with zero attached hydrogens (tertiary/aromatic N) is 5. The van der Waals surface area contributed by atoms with Crippen molar-refractivity contribution in [3.05, 3.63) is 72.1 Å². The standard InChI is InChI=1S/C25H26N6O/c1-17-7-6-10-21(18(17)2)28-24(32)20-11-13-30(14-12-20)23-15-22(19-8-4-3-5-9-19)29-25-26-16-27-31(23)25/h3-10,15-16,20H,11-14H2,1-2H3,(H,28,32). The Bertz CT molecular complexity index is 1260. The van der Waals surface area contributed by atoms with E-state index in [0.29, 0.717) is 5.78 Å². The Balaban J connectivity index is 1.33. The van der Waals surface area contributed by atoms with Gasteiger partial charge in [0.15, 0.2) is 0 Å². The van der Waals surface area contributed by atoms with Crippen LogP contribution in [0.15, 0.2) is 60.9 Å². The first-order valence-electron chi connectivity index (χ1n) is 11.0. The van der Waals surface area contributed by atoms with E-state index in [1.807, 2.05) is 49.4 Å². The van der Waals surface area contributed by atoms with Crippen LogP contribution in [0.3, 0.4) is 0 Å². The van der Waals surface area contributed by atoms with Crippen molar-refractivity contribution < 1.29 is 4.79 Å². The number of aromatic nitrogens is 4. The summed E-state index contributed by atoms with van der Waals surface area (Å²) in [5.74, 6) is 1.63. The average Bonchev–Trinajstić information content (AvgIpc) is 3.31. The van der Waals surface area contributed by atoms with Crippen molar-refractivity contribution >= 4 is 23.2 Å². The molecule has 3 heterocycles. The number of hydrogen-bond donors (Lipinski definition) is 1. The van der Waals surface area contributed by atoms with Gasteiger partial charge in [0.1, 0.15) is 12.1 Å². The second-order valence-corrected chi connectivity index (χ2v) is 8.34. The SMILES string of the molecule is Cc1cccc(NC(=O)C2CCN(c3cc(-c4ccccc4)nc4ncnn34)CC2)c1C. The fourth-order valence-corrected chi connectivity index (χ4v) is 4.27. The van der Waals surface area contributed by atoms with Crippen LogP contribution in [0.2, 0.25) is 0 Å². The lowest BCUT2D eigenvalue weighted by atomic mass is 9.95. The zero-order chi connectivity index (χ0) is 22.1. The van der Waals surface area contributed by atoms with E-state index in [2.05, 4.69) is 44.3 Å². The van der Waals surface area contributed by atoms with Crippen molar-refractivity contribution in [2.45, 2.75) is 26.7 Å². The highest BCUT2D eigenvalue weighted by Gasteiger charge is 2.27. The van der Waals surface area contributed by atoms with E-state index < -0.39 is 0 Å². The molecule has 0 bridgehead atoms. The fraction of sp³-hybridized carbons (Fsp3) is 0.280. The first-order chi connectivity index (χ1) is 15.6. The van der Waals surface area contributed by atoms with Gasteiger partial charge in [-0.3, -0.25) is 4.79 Å². The predicted molar refractivity (Wildman–Crippen MR) is 126 cm³/mol. The summed E-state index contributed by atoms with van der Waals surface area (Å²) >= 11 is 0. The minimum atomic E-state index is -0.00664. The molecule has 1 fully saturated rings. The number of carbonyl (C=O) groups is 1. The number of nitrogens with one attached hydrogen (secondary N) is 1. The van der Waals surface area contributed by atoms with Gasteiger partial charge in [0.05, 0.1) is 5.69 Å². The molecule has 1 amide bonds. The highest BCUT2D eigenvalue weighted by Crippen LogP contribution is 2.28. The molecule has 0 spiro atoms. The molecule has 0 atom stereocenters. The number of hydrogen-bond acceptors (Lipinski definition) is 5. The Morgan fingerprint density at radius 2 is 1.81 bits per heavy atom. The molecule has 4 aromatic rings. The van der Waals surface area contributed by atoms with Crippen LogP contribution in [0.1, 0.15) is 24.0 Å². The lowest BCUT2D eigenvalue weighted by Gasteiger charge is -2.33. The second kappa shape index (κ2) is 8.42. The molecular weight excluding hydrogens is 400 g/mol. The van der Waals surface area contributed by atoms with Gasteiger partial charge in [0.25, 0.3) is 5.78 Å². The van der Waals surface area contributed by atoms with Gasteiger partial charge in [0.2, 0.25) is 5.91 Å². The number of benzene rings is 2. The van der Waals surface area contributed by atoms with Crippen molar-refractivity contribution in [3.8, 4) is 11.3 Å². The summed E-state index contributed by atoms with van der Waals surface area (Å²) in [4.78, 5) is 24.2. The third kappa shape index (κ3) is 3.82. The monoisotopic (exact) mass is 426 g/mol. The van der Waals surface area contributed by atoms with Crippen molar-refractivity contribution in [1.82, 2.24) is 19.6 Å². The summed E-state index contributed by atoms with van der Waals surface area (Å²) in [6.07, 6.45) is 3.11. The molecule has 1 aliphatic rings. The number of aryl methyl sites for hydroxylation is 1. The van der Waals surface area contributed by atoms with Gasteiger partial charge < -0.3 is 10.2 Å². The van der Waals surface area contributed by atoms with Crippen LogP contribution in [0.4, 0.5) is 11.5 Å². The largest absolute Gasteiger partial charge is 0.356 e. The Hall–Kier alpha value is -3.74. The van der Waals surface area contributed by atoms with Crippen LogP contribution in [-0.4, -0.2) is 38.6 Å². The van der Waals surface area contributed by atoms with Crippen molar-refractivity contribution in [2.75, 3.05) is 23.3 Å². The molecule has 32 heavy (non-hydrogen) atoms. The maximum absolute atomic E-state index is 12.9. The summed E-state index contributed by atoms with van der Waals surface area (Å²) < 4.78 is 1.78. The first-order valence-corrected chi connectivity index (χ1v) is 11.0. The van der Waals surface area contributed by atoms with Crippen LogP contribution < -0.4 is 10.2 Å². The molecule has 0 aliphatic carbocycles. The maximum Gasteiger partial charge on any atom is 0.254 e. The minimum absolute atomic E-state index is 0.00664. The first kappa shape index (κ1) is 20.2. The Labute approximate surface area is 187 Å². The molecule has 2 aromatic heterocycles. The normalized spacial score (nSPS) is 14.6. The lowest BCUT2D eigenvalue weighted by Crippen LogP contribution is -2.39. The zero-order valence-electron chi connectivity index (χ0n) is 18.3. The quantitative estimate of drug-likeness (QED) is 0.528. The molecule has 1 saturated heterocycles. The topological polar surface area (TPSA) is 75.4 Å². The summed E-state index contributed by atoms with van der Waals surface area (Å²) in [7, 11) is 0. The minimum Gasteiger partial charge on any atom is -0.356 e. The molecule has 162 valence electrons. The van der Waals surface area contributed by atoms with E-state index in [1.54, 1.807) is 4.52 Å². The maximum atomic E-state index is 12.9. The van der Waals surface area contributed by atoms with Gasteiger partial charge in [-0.15, -0.1) is 0 Å². The molecule has 5 rings (SSSR count). The summed E-state index contributed by atoms with van der Waals surface area (Å²) in [6, 6.07) is 18.2. The molecule has 1 N–H and O–H groups in total. The number of anilines is 2. The van der Waals surface area contributed by atoms with Crippen LogP contribution >= 0.6 is 0 Å². The third-order valence-electron chi connectivity index (χ3n) is 6.35. The molecule has 0 saturated carbocycles. The molecule has 7 heteroatoms. The van der Waals surface area contributed by atoms with E-state index in [-0.39, 0.29) is 11.8 Å². The number of fused-ring (bicyclic) bond motifs is 1. The Kier molecular flexibility index (Phi) is 5.31. The summed E-state index contributed by atoms with van der Waals surface area (Å²) in [5, 5.41) is 7.52. The van der Waals surface area contributed by atoms with Gasteiger partial charge in [0, 0.05) is 36.3 Å².